The molecule has 1 atom stereocenters. The first-order chi connectivity index (χ1) is 17.0. The molecule has 2 heterocycles. The molecule has 0 amide bonds. The molecule has 3 aromatic carbocycles. The lowest BCUT2D eigenvalue weighted by Gasteiger charge is -2.23. The predicted octanol–water partition coefficient (Wildman–Crippen LogP) is 4.34. The van der Waals surface area contributed by atoms with Gasteiger partial charge in [0, 0.05) is 29.2 Å². The second kappa shape index (κ2) is 9.06. The molecule has 0 aliphatic carbocycles. The van der Waals surface area contributed by atoms with Gasteiger partial charge < -0.3 is 28.8 Å². The van der Waals surface area contributed by atoms with E-state index in [-0.39, 0.29) is 34.5 Å². The molecular weight excluding hydrogens is 452 g/mol. The summed E-state index contributed by atoms with van der Waals surface area (Å²) in [4.78, 5) is 25.5. The van der Waals surface area contributed by atoms with E-state index in [0.717, 1.165) is 6.07 Å². The smallest absolute Gasteiger partial charge is 0.306 e. The molecule has 0 saturated carbocycles. The van der Waals surface area contributed by atoms with Gasteiger partial charge in [-0.15, -0.1) is 0 Å². The minimum atomic E-state index is -0.782. The highest BCUT2D eigenvalue weighted by molar-refractivity contribution is 5.90. The fourth-order valence-electron chi connectivity index (χ4n) is 4.32. The van der Waals surface area contributed by atoms with Gasteiger partial charge in [0.1, 0.15) is 41.4 Å². The van der Waals surface area contributed by atoms with Crippen LogP contribution in [-0.4, -0.2) is 36.5 Å². The Bertz CT molecular complexity index is 1470. The van der Waals surface area contributed by atoms with Crippen LogP contribution in [0.3, 0.4) is 0 Å². The molecule has 0 radical (unpaired) electrons. The zero-order valence-corrected chi connectivity index (χ0v) is 18.8. The van der Waals surface area contributed by atoms with Crippen LogP contribution in [0.1, 0.15) is 23.5 Å². The van der Waals surface area contributed by atoms with E-state index in [1.165, 1.54) is 13.2 Å². The summed E-state index contributed by atoms with van der Waals surface area (Å²) in [7, 11) is 1.27. The first-order valence-corrected chi connectivity index (χ1v) is 11.0. The van der Waals surface area contributed by atoms with Gasteiger partial charge in [0.2, 0.25) is 0 Å². The minimum absolute atomic E-state index is 0.0161. The Labute approximate surface area is 199 Å². The Morgan fingerprint density at radius 3 is 2.46 bits per heavy atom. The minimum Gasteiger partial charge on any atom is -0.507 e. The van der Waals surface area contributed by atoms with Gasteiger partial charge >= 0.3 is 5.97 Å². The number of esters is 1. The highest BCUT2D eigenvalue weighted by Gasteiger charge is 2.29. The second-order valence-corrected chi connectivity index (χ2v) is 8.11. The third-order valence-electron chi connectivity index (χ3n) is 5.97. The number of phenols is 2. The van der Waals surface area contributed by atoms with Crippen molar-refractivity contribution in [2.75, 3.05) is 20.3 Å². The van der Waals surface area contributed by atoms with Crippen LogP contribution in [0.5, 0.6) is 23.0 Å². The summed E-state index contributed by atoms with van der Waals surface area (Å²) in [6, 6.07) is 16.6. The average molecular weight is 474 g/mol. The van der Waals surface area contributed by atoms with Gasteiger partial charge in [-0.25, -0.2) is 0 Å². The van der Waals surface area contributed by atoms with Crippen molar-refractivity contribution in [2.45, 2.75) is 12.3 Å². The van der Waals surface area contributed by atoms with Crippen LogP contribution in [-0.2, 0) is 9.53 Å². The number of phenolic OH excluding ortho intramolecular Hbond substituents is 2. The molecule has 35 heavy (non-hydrogen) atoms. The zero-order valence-electron chi connectivity index (χ0n) is 18.8. The van der Waals surface area contributed by atoms with Crippen molar-refractivity contribution in [3.63, 3.8) is 0 Å². The lowest BCUT2D eigenvalue weighted by Crippen LogP contribution is -2.16. The molecule has 4 aromatic rings. The van der Waals surface area contributed by atoms with Crippen LogP contribution >= 0.6 is 0 Å². The summed E-state index contributed by atoms with van der Waals surface area (Å²) in [5.74, 6) is -0.746. The molecule has 8 heteroatoms. The van der Waals surface area contributed by atoms with E-state index >= 15 is 0 Å². The van der Waals surface area contributed by atoms with E-state index in [0.29, 0.717) is 35.8 Å². The van der Waals surface area contributed by atoms with Crippen LogP contribution < -0.4 is 14.9 Å². The molecular formula is C27H22O8. The molecule has 178 valence electrons. The number of aromatic hydroxyl groups is 2. The van der Waals surface area contributed by atoms with Crippen LogP contribution in [0.15, 0.2) is 69.9 Å². The Morgan fingerprint density at radius 2 is 1.71 bits per heavy atom. The number of benzene rings is 3. The first-order valence-electron chi connectivity index (χ1n) is 11.0. The third-order valence-corrected chi connectivity index (χ3v) is 5.97. The van der Waals surface area contributed by atoms with Gasteiger partial charge in [-0.3, -0.25) is 9.59 Å². The number of rotatable bonds is 5. The normalized spacial score (nSPS) is 13.4. The van der Waals surface area contributed by atoms with Gasteiger partial charge in [-0.1, -0.05) is 36.4 Å². The van der Waals surface area contributed by atoms with Gasteiger partial charge in [0.05, 0.1) is 13.5 Å². The lowest BCUT2D eigenvalue weighted by molar-refractivity contribution is -0.140. The monoisotopic (exact) mass is 474 g/mol. The maximum absolute atomic E-state index is 13.1. The van der Waals surface area contributed by atoms with Crippen molar-refractivity contribution >= 4 is 16.9 Å². The quantitative estimate of drug-likeness (QED) is 0.411. The van der Waals surface area contributed by atoms with E-state index in [4.69, 9.17) is 18.6 Å². The topological polar surface area (TPSA) is 115 Å². The fraction of sp³-hybridized carbons (Fsp3) is 0.185. The average Bonchev–Trinajstić information content (AvgIpc) is 2.87. The second-order valence-electron chi connectivity index (χ2n) is 8.11. The van der Waals surface area contributed by atoms with Crippen LogP contribution in [0, 0.1) is 0 Å². The summed E-state index contributed by atoms with van der Waals surface area (Å²) in [6.45, 7) is 0.801. The first kappa shape index (κ1) is 22.3. The third kappa shape index (κ3) is 4.14. The van der Waals surface area contributed by atoms with E-state index in [1.54, 1.807) is 42.5 Å². The zero-order chi connectivity index (χ0) is 24.5. The SMILES string of the molecule is COC(=O)C[C@H](c1ccc2c(c1)OCCO2)c1c(O)cc(O)c2c(=O)cc(-c3ccccc3)oc12. The maximum atomic E-state index is 13.1. The van der Waals surface area contributed by atoms with Crippen LogP contribution in [0.25, 0.3) is 22.3 Å². The Balaban J connectivity index is 1.77. The predicted molar refractivity (Wildman–Crippen MR) is 127 cm³/mol. The van der Waals surface area contributed by atoms with Crippen LogP contribution in [0.2, 0.25) is 0 Å². The number of hydrogen-bond acceptors (Lipinski definition) is 8. The Hall–Kier alpha value is -4.46. The molecule has 0 spiro atoms. The molecule has 0 bridgehead atoms. The lowest BCUT2D eigenvalue weighted by atomic mass is 9.86. The highest BCUT2D eigenvalue weighted by Crippen LogP contribution is 2.44. The van der Waals surface area contributed by atoms with Gasteiger partial charge in [0.15, 0.2) is 16.9 Å². The summed E-state index contributed by atoms with van der Waals surface area (Å²) in [5.41, 5.74) is 0.925. The van der Waals surface area contributed by atoms with Gasteiger partial charge in [0.25, 0.3) is 0 Å². The van der Waals surface area contributed by atoms with E-state index in [9.17, 15) is 19.8 Å². The number of fused-ring (bicyclic) bond motifs is 2. The molecule has 1 aromatic heterocycles. The summed E-state index contributed by atoms with van der Waals surface area (Å²) >= 11 is 0. The van der Waals surface area contributed by atoms with Crippen molar-refractivity contribution in [3.05, 3.63) is 82.0 Å². The molecule has 2 N–H and O–H groups in total. The molecule has 0 saturated heterocycles. The highest BCUT2D eigenvalue weighted by atomic mass is 16.6. The Kier molecular flexibility index (Phi) is 5.78. The van der Waals surface area contributed by atoms with Crippen molar-refractivity contribution in [1.29, 1.82) is 0 Å². The van der Waals surface area contributed by atoms with Gasteiger partial charge in [-0.05, 0) is 17.7 Å². The van der Waals surface area contributed by atoms with Crippen molar-refractivity contribution < 1.29 is 33.6 Å². The molecule has 8 nitrogen and oxygen atoms in total. The maximum Gasteiger partial charge on any atom is 0.306 e. The number of methoxy groups -OCH3 is 1. The van der Waals surface area contributed by atoms with Gasteiger partial charge in [-0.2, -0.15) is 0 Å². The van der Waals surface area contributed by atoms with E-state index in [1.807, 2.05) is 6.07 Å². The number of ether oxygens (including phenoxy) is 3. The summed E-state index contributed by atoms with van der Waals surface area (Å²) in [6.07, 6.45) is -0.164. The molecule has 5 rings (SSSR count). The summed E-state index contributed by atoms with van der Waals surface area (Å²) in [5, 5.41) is 21.4. The number of carbonyl (C=O) groups is 1. The Morgan fingerprint density at radius 1 is 0.971 bits per heavy atom. The van der Waals surface area contributed by atoms with E-state index < -0.39 is 23.1 Å². The molecule has 0 unspecified atom stereocenters. The fourth-order valence-corrected chi connectivity index (χ4v) is 4.32. The largest absolute Gasteiger partial charge is 0.507 e. The summed E-state index contributed by atoms with van der Waals surface area (Å²) < 4.78 is 22.3. The molecule has 1 aliphatic rings. The number of hydrogen-bond donors (Lipinski definition) is 2. The van der Waals surface area contributed by atoms with E-state index in [2.05, 4.69) is 0 Å². The van der Waals surface area contributed by atoms with Crippen molar-refractivity contribution in [1.82, 2.24) is 0 Å². The molecule has 1 aliphatic heterocycles. The van der Waals surface area contributed by atoms with Crippen molar-refractivity contribution in [2.24, 2.45) is 0 Å². The molecule has 0 fully saturated rings. The van der Waals surface area contributed by atoms with Crippen LogP contribution in [0.4, 0.5) is 0 Å². The standard InChI is InChI=1S/C27H22O8/c1-32-24(31)12-17(16-7-8-21-23(11-16)34-10-9-33-21)25-18(28)13-19(29)26-20(30)14-22(35-27(25)26)15-5-3-2-4-6-15/h2-8,11,13-14,17,28-29H,9-10,12H2,1H3/t17-/m1/s1. The van der Waals surface area contributed by atoms with Crippen molar-refractivity contribution in [3.8, 4) is 34.3 Å². The number of carbonyl (C=O) groups excluding carboxylic acids is 1.